The summed E-state index contributed by atoms with van der Waals surface area (Å²) in [5.41, 5.74) is 1.37. The highest BCUT2D eigenvalue weighted by Gasteiger charge is 2.27. The summed E-state index contributed by atoms with van der Waals surface area (Å²) >= 11 is 6.14. The van der Waals surface area contributed by atoms with Crippen LogP contribution >= 0.6 is 22.3 Å². The first-order valence-corrected chi connectivity index (χ1v) is 8.74. The van der Waals surface area contributed by atoms with Crippen molar-refractivity contribution >= 4 is 31.3 Å². The SMILES string of the molecule is CC(C)c1nn(Cc2ccccc2)c(Cl)c1S(=O)(=O)Cl. The van der Waals surface area contributed by atoms with Crippen molar-refractivity contribution in [2.24, 2.45) is 0 Å². The summed E-state index contributed by atoms with van der Waals surface area (Å²) in [6.07, 6.45) is 0. The second kappa shape index (κ2) is 5.76. The van der Waals surface area contributed by atoms with E-state index in [-0.39, 0.29) is 16.0 Å². The smallest absolute Gasteiger partial charge is 0.248 e. The minimum Gasteiger partial charge on any atom is -0.248 e. The van der Waals surface area contributed by atoms with E-state index < -0.39 is 9.05 Å². The fourth-order valence-electron chi connectivity index (χ4n) is 1.91. The maximum Gasteiger partial charge on any atom is 0.266 e. The second-order valence-corrected chi connectivity index (χ2v) is 7.60. The fourth-order valence-corrected chi connectivity index (χ4v) is 3.81. The van der Waals surface area contributed by atoms with Crippen LogP contribution in [0.1, 0.15) is 31.0 Å². The zero-order valence-electron chi connectivity index (χ0n) is 11.0. The molecular weight excluding hydrogens is 319 g/mol. The van der Waals surface area contributed by atoms with Crippen molar-refractivity contribution < 1.29 is 8.42 Å². The van der Waals surface area contributed by atoms with Crippen molar-refractivity contribution in [3.63, 3.8) is 0 Å². The number of halogens is 2. The van der Waals surface area contributed by atoms with Crippen LogP contribution in [0.15, 0.2) is 35.2 Å². The van der Waals surface area contributed by atoms with Gasteiger partial charge in [0.25, 0.3) is 9.05 Å². The van der Waals surface area contributed by atoms with E-state index in [0.717, 1.165) is 5.56 Å². The molecule has 0 saturated carbocycles. The van der Waals surface area contributed by atoms with Crippen LogP contribution in [0.3, 0.4) is 0 Å². The molecule has 108 valence electrons. The van der Waals surface area contributed by atoms with E-state index in [2.05, 4.69) is 5.10 Å². The van der Waals surface area contributed by atoms with E-state index in [0.29, 0.717) is 12.2 Å². The molecule has 7 heteroatoms. The maximum atomic E-state index is 11.7. The van der Waals surface area contributed by atoms with Gasteiger partial charge in [0.2, 0.25) is 0 Å². The maximum absolute atomic E-state index is 11.7. The normalized spacial score (nSPS) is 12.1. The summed E-state index contributed by atoms with van der Waals surface area (Å²) in [6, 6.07) is 9.54. The van der Waals surface area contributed by atoms with Gasteiger partial charge in [0.15, 0.2) is 0 Å². The van der Waals surface area contributed by atoms with Crippen LogP contribution in [0, 0.1) is 0 Å². The molecule has 0 unspecified atom stereocenters. The first kappa shape index (κ1) is 15.4. The molecule has 0 radical (unpaired) electrons. The number of hydrogen-bond donors (Lipinski definition) is 0. The van der Waals surface area contributed by atoms with Gasteiger partial charge in [-0.1, -0.05) is 55.8 Å². The third-order valence-electron chi connectivity index (χ3n) is 2.84. The monoisotopic (exact) mass is 332 g/mol. The summed E-state index contributed by atoms with van der Waals surface area (Å²) in [7, 11) is 1.54. The van der Waals surface area contributed by atoms with Crippen molar-refractivity contribution in [1.29, 1.82) is 0 Å². The Morgan fingerprint density at radius 1 is 1.25 bits per heavy atom. The van der Waals surface area contributed by atoms with Gasteiger partial charge in [0, 0.05) is 10.7 Å². The third kappa shape index (κ3) is 3.16. The number of nitrogens with zero attached hydrogens (tertiary/aromatic N) is 2. The van der Waals surface area contributed by atoms with Crippen LogP contribution in [0.25, 0.3) is 0 Å². The first-order chi connectivity index (χ1) is 9.30. The van der Waals surface area contributed by atoms with Crippen LogP contribution < -0.4 is 0 Å². The molecule has 0 aliphatic heterocycles. The van der Waals surface area contributed by atoms with Gasteiger partial charge in [-0.05, 0) is 11.5 Å². The Morgan fingerprint density at radius 3 is 2.30 bits per heavy atom. The molecule has 0 bridgehead atoms. The summed E-state index contributed by atoms with van der Waals surface area (Å²) in [6.45, 7) is 4.08. The summed E-state index contributed by atoms with van der Waals surface area (Å²) < 4.78 is 24.8. The van der Waals surface area contributed by atoms with Crippen molar-refractivity contribution in [3.05, 3.63) is 46.7 Å². The van der Waals surface area contributed by atoms with E-state index in [9.17, 15) is 8.42 Å². The molecule has 0 saturated heterocycles. The van der Waals surface area contributed by atoms with E-state index >= 15 is 0 Å². The highest BCUT2D eigenvalue weighted by atomic mass is 35.7. The Hall–Kier alpha value is -1.04. The molecule has 4 nitrogen and oxygen atoms in total. The van der Waals surface area contributed by atoms with E-state index in [1.54, 1.807) is 0 Å². The minimum atomic E-state index is -3.92. The Labute approximate surface area is 127 Å². The topological polar surface area (TPSA) is 52.0 Å². The third-order valence-corrected chi connectivity index (χ3v) is 4.69. The molecule has 2 aromatic rings. The molecule has 0 fully saturated rings. The van der Waals surface area contributed by atoms with Gasteiger partial charge in [0.05, 0.1) is 12.2 Å². The Kier molecular flexibility index (Phi) is 4.42. The predicted octanol–water partition coefficient (Wildman–Crippen LogP) is 3.64. The predicted molar refractivity (Wildman–Crippen MR) is 79.9 cm³/mol. The van der Waals surface area contributed by atoms with Gasteiger partial charge in [-0.15, -0.1) is 0 Å². The van der Waals surface area contributed by atoms with Crippen molar-refractivity contribution in [2.75, 3.05) is 0 Å². The minimum absolute atomic E-state index is 0.0487. The molecular formula is C13H14Cl2N2O2S. The van der Waals surface area contributed by atoms with Crippen LogP contribution in [-0.4, -0.2) is 18.2 Å². The number of benzene rings is 1. The molecule has 0 N–H and O–H groups in total. The van der Waals surface area contributed by atoms with Crippen LogP contribution in [0.5, 0.6) is 0 Å². The van der Waals surface area contributed by atoms with Crippen LogP contribution in [-0.2, 0) is 15.6 Å². The van der Waals surface area contributed by atoms with Crippen molar-refractivity contribution in [3.8, 4) is 0 Å². The van der Waals surface area contributed by atoms with Crippen LogP contribution in [0.4, 0.5) is 0 Å². The van der Waals surface area contributed by atoms with Crippen molar-refractivity contribution in [1.82, 2.24) is 9.78 Å². The largest absolute Gasteiger partial charge is 0.266 e. The molecule has 2 rings (SSSR count). The lowest BCUT2D eigenvalue weighted by Gasteiger charge is -2.03. The first-order valence-electron chi connectivity index (χ1n) is 6.05. The molecule has 1 aromatic carbocycles. The Morgan fingerprint density at radius 2 is 1.85 bits per heavy atom. The summed E-state index contributed by atoms with van der Waals surface area (Å²) in [4.78, 5) is -0.0910. The number of rotatable bonds is 4. The highest BCUT2D eigenvalue weighted by Crippen LogP contribution is 2.32. The van der Waals surface area contributed by atoms with Gasteiger partial charge >= 0.3 is 0 Å². The van der Waals surface area contributed by atoms with Gasteiger partial charge < -0.3 is 0 Å². The molecule has 1 heterocycles. The lowest BCUT2D eigenvalue weighted by Crippen LogP contribution is -2.02. The molecule has 1 aromatic heterocycles. The fraction of sp³-hybridized carbons (Fsp3) is 0.308. The summed E-state index contributed by atoms with van der Waals surface area (Å²) in [5.74, 6) is -0.0898. The van der Waals surface area contributed by atoms with Crippen LogP contribution in [0.2, 0.25) is 5.15 Å². The van der Waals surface area contributed by atoms with Gasteiger partial charge in [0.1, 0.15) is 10.0 Å². The quantitative estimate of drug-likeness (QED) is 0.803. The standard InChI is InChI=1S/C13H14Cl2N2O2S/c1-9(2)11-12(20(15,18)19)13(14)17(16-11)8-10-6-4-3-5-7-10/h3-7,9H,8H2,1-2H3. The molecule has 0 spiro atoms. The second-order valence-electron chi connectivity index (χ2n) is 4.74. The number of hydrogen-bond acceptors (Lipinski definition) is 3. The molecule has 0 atom stereocenters. The Bertz CT molecular complexity index is 709. The average Bonchev–Trinajstić information content (AvgIpc) is 2.68. The van der Waals surface area contributed by atoms with Gasteiger partial charge in [-0.3, -0.25) is 0 Å². The van der Waals surface area contributed by atoms with Gasteiger partial charge in [-0.2, -0.15) is 5.10 Å². The molecule has 0 aliphatic carbocycles. The lowest BCUT2D eigenvalue weighted by atomic mass is 10.1. The van der Waals surface area contributed by atoms with E-state index in [4.69, 9.17) is 22.3 Å². The molecule has 0 amide bonds. The number of aromatic nitrogens is 2. The molecule has 20 heavy (non-hydrogen) atoms. The average molecular weight is 333 g/mol. The molecule has 0 aliphatic rings. The van der Waals surface area contributed by atoms with E-state index in [1.165, 1.54) is 4.68 Å². The van der Waals surface area contributed by atoms with Gasteiger partial charge in [-0.25, -0.2) is 13.1 Å². The van der Waals surface area contributed by atoms with E-state index in [1.807, 2.05) is 44.2 Å². The zero-order chi connectivity index (χ0) is 14.9. The Balaban J connectivity index is 2.51. The zero-order valence-corrected chi connectivity index (χ0v) is 13.4. The lowest BCUT2D eigenvalue weighted by molar-refractivity contribution is 0.607. The summed E-state index contributed by atoms with van der Waals surface area (Å²) in [5, 5.41) is 4.34. The highest BCUT2D eigenvalue weighted by molar-refractivity contribution is 8.13. The van der Waals surface area contributed by atoms with Crippen molar-refractivity contribution in [2.45, 2.75) is 31.2 Å².